The van der Waals surface area contributed by atoms with Gasteiger partial charge in [-0.3, -0.25) is 4.79 Å². The third-order valence-corrected chi connectivity index (χ3v) is 6.10. The first-order valence-corrected chi connectivity index (χ1v) is 9.93. The van der Waals surface area contributed by atoms with E-state index in [4.69, 9.17) is 4.74 Å². The van der Waals surface area contributed by atoms with Gasteiger partial charge in [0.25, 0.3) is 5.91 Å². The molecule has 132 valence electrons. The summed E-state index contributed by atoms with van der Waals surface area (Å²) in [6, 6.07) is 8.41. The number of carbonyl (C=O) groups excluding carboxylic acids is 1. The molecule has 1 aliphatic heterocycles. The molecule has 1 aliphatic carbocycles. The summed E-state index contributed by atoms with van der Waals surface area (Å²) in [6.07, 6.45) is 5.50. The molecule has 0 bridgehead atoms. The number of piperazine rings is 1. The fourth-order valence-electron chi connectivity index (χ4n) is 4.10. The molecule has 1 aromatic rings. The van der Waals surface area contributed by atoms with Gasteiger partial charge < -0.3 is 14.5 Å². The summed E-state index contributed by atoms with van der Waals surface area (Å²) in [5.74, 6) is 1.68. The summed E-state index contributed by atoms with van der Waals surface area (Å²) in [5.41, 5.74) is 0. The minimum absolute atomic E-state index is 0.105. The third kappa shape index (κ3) is 4.51. The zero-order valence-electron chi connectivity index (χ0n) is 14.5. The minimum atomic E-state index is 0.105. The molecule has 0 aromatic heterocycles. The summed E-state index contributed by atoms with van der Waals surface area (Å²) in [4.78, 5) is 16.0. The van der Waals surface area contributed by atoms with Crippen LogP contribution in [0.5, 0.6) is 5.75 Å². The number of ether oxygens (including phenoxy) is 1. The van der Waals surface area contributed by atoms with Crippen molar-refractivity contribution < 1.29 is 14.4 Å². The van der Waals surface area contributed by atoms with Gasteiger partial charge in [0.05, 0.1) is 32.2 Å². The van der Waals surface area contributed by atoms with Gasteiger partial charge in [-0.1, -0.05) is 29.3 Å². The van der Waals surface area contributed by atoms with Crippen molar-refractivity contribution >= 4 is 21.8 Å². The van der Waals surface area contributed by atoms with Crippen LogP contribution in [0.4, 0.5) is 0 Å². The Balaban J connectivity index is 1.44. The number of nitrogens with one attached hydrogen (secondary N) is 1. The lowest BCUT2D eigenvalue weighted by atomic mass is 9.84. The molecule has 3 rings (SSSR count). The van der Waals surface area contributed by atoms with Gasteiger partial charge in [-0.05, 0) is 43.5 Å². The molecule has 1 amide bonds. The van der Waals surface area contributed by atoms with Crippen molar-refractivity contribution in [2.24, 2.45) is 5.92 Å². The first-order valence-electron chi connectivity index (χ1n) is 9.14. The summed E-state index contributed by atoms with van der Waals surface area (Å²) in [5, 5.41) is 0. The molecule has 1 saturated carbocycles. The van der Waals surface area contributed by atoms with Crippen molar-refractivity contribution in [3.63, 3.8) is 0 Å². The first-order chi connectivity index (χ1) is 11.6. The third-order valence-electron chi connectivity index (χ3n) is 5.57. The molecule has 4 nitrogen and oxygen atoms in total. The van der Waals surface area contributed by atoms with Crippen molar-refractivity contribution in [2.45, 2.75) is 38.6 Å². The summed E-state index contributed by atoms with van der Waals surface area (Å²) in [6.45, 7) is 6.43. The second-order valence-electron chi connectivity index (χ2n) is 7.15. The molecule has 1 aromatic carbocycles. The molecule has 2 fully saturated rings. The van der Waals surface area contributed by atoms with E-state index in [9.17, 15) is 4.79 Å². The average Bonchev–Trinajstić information content (AvgIpc) is 2.61. The molecule has 0 radical (unpaired) electrons. The number of rotatable bonds is 4. The van der Waals surface area contributed by atoms with Gasteiger partial charge in [0.15, 0.2) is 6.61 Å². The first kappa shape index (κ1) is 17.7. The standard InChI is InChI=1S/C19H27BrN2O2/c1-15-4-2-3-5-18(15)21-10-12-22(13-11-21)19(23)14-24-17-8-6-16(20)7-9-17/h6-9,15,18H,2-5,10-14H2,1H3/p+1/t15-,18-/m0/s1. The molecule has 1 heterocycles. The van der Waals surface area contributed by atoms with E-state index in [1.807, 2.05) is 29.2 Å². The number of quaternary nitrogens is 1. The lowest BCUT2D eigenvalue weighted by Gasteiger charge is -2.40. The Bertz CT molecular complexity index is 541. The van der Waals surface area contributed by atoms with Crippen LogP contribution < -0.4 is 9.64 Å². The van der Waals surface area contributed by atoms with E-state index >= 15 is 0 Å². The highest BCUT2D eigenvalue weighted by molar-refractivity contribution is 9.10. The van der Waals surface area contributed by atoms with Crippen LogP contribution in [0, 0.1) is 5.92 Å². The lowest BCUT2D eigenvalue weighted by Crippen LogP contribution is -3.19. The molecule has 0 unspecified atom stereocenters. The number of hydrogen-bond donors (Lipinski definition) is 1. The highest BCUT2D eigenvalue weighted by Crippen LogP contribution is 2.22. The molecule has 0 spiro atoms. The molecule has 24 heavy (non-hydrogen) atoms. The Labute approximate surface area is 153 Å². The topological polar surface area (TPSA) is 34.0 Å². The Morgan fingerprint density at radius 2 is 1.88 bits per heavy atom. The highest BCUT2D eigenvalue weighted by atomic mass is 79.9. The van der Waals surface area contributed by atoms with E-state index in [1.54, 1.807) is 4.90 Å². The van der Waals surface area contributed by atoms with Gasteiger partial charge in [-0.25, -0.2) is 0 Å². The van der Waals surface area contributed by atoms with Crippen LogP contribution in [0.2, 0.25) is 0 Å². The highest BCUT2D eigenvalue weighted by Gasteiger charge is 2.33. The summed E-state index contributed by atoms with van der Waals surface area (Å²) in [7, 11) is 0. The van der Waals surface area contributed by atoms with Crippen LogP contribution in [0.1, 0.15) is 32.6 Å². The zero-order valence-corrected chi connectivity index (χ0v) is 16.1. The van der Waals surface area contributed by atoms with Crippen LogP contribution in [-0.2, 0) is 4.79 Å². The molecular formula is C19H28BrN2O2+. The predicted octanol–water partition coefficient (Wildman–Crippen LogP) is 2.13. The predicted molar refractivity (Wildman–Crippen MR) is 98.3 cm³/mol. The molecular weight excluding hydrogens is 368 g/mol. The smallest absolute Gasteiger partial charge is 0.260 e. The summed E-state index contributed by atoms with van der Waals surface area (Å²) >= 11 is 3.40. The van der Waals surface area contributed by atoms with Gasteiger partial charge in [-0.2, -0.15) is 0 Å². The van der Waals surface area contributed by atoms with E-state index in [0.717, 1.165) is 48.4 Å². The fraction of sp³-hybridized carbons (Fsp3) is 0.632. The van der Waals surface area contributed by atoms with Crippen LogP contribution in [0.25, 0.3) is 0 Å². The van der Waals surface area contributed by atoms with E-state index in [1.165, 1.54) is 25.7 Å². The number of halogens is 1. The van der Waals surface area contributed by atoms with Gasteiger partial charge in [0.2, 0.25) is 0 Å². The fourth-order valence-corrected chi connectivity index (χ4v) is 4.37. The van der Waals surface area contributed by atoms with Crippen molar-refractivity contribution in [3.8, 4) is 5.75 Å². The number of carbonyl (C=O) groups is 1. The monoisotopic (exact) mass is 395 g/mol. The molecule has 2 aliphatic rings. The van der Waals surface area contributed by atoms with Crippen LogP contribution in [0.15, 0.2) is 28.7 Å². The van der Waals surface area contributed by atoms with Gasteiger partial charge in [0.1, 0.15) is 5.75 Å². The number of benzene rings is 1. The largest absolute Gasteiger partial charge is 0.484 e. The maximum atomic E-state index is 12.4. The Morgan fingerprint density at radius 3 is 2.54 bits per heavy atom. The van der Waals surface area contributed by atoms with E-state index in [-0.39, 0.29) is 12.5 Å². The number of amides is 1. The number of nitrogens with zero attached hydrogens (tertiary/aromatic N) is 1. The quantitative estimate of drug-likeness (QED) is 0.846. The van der Waals surface area contributed by atoms with Crippen molar-refractivity contribution in [3.05, 3.63) is 28.7 Å². The van der Waals surface area contributed by atoms with E-state index < -0.39 is 0 Å². The average molecular weight is 396 g/mol. The minimum Gasteiger partial charge on any atom is -0.484 e. The zero-order chi connectivity index (χ0) is 16.9. The van der Waals surface area contributed by atoms with Crippen molar-refractivity contribution in [2.75, 3.05) is 32.8 Å². The van der Waals surface area contributed by atoms with Gasteiger partial charge >= 0.3 is 0 Å². The normalized spacial score (nSPS) is 25.5. The molecule has 5 heteroatoms. The second-order valence-corrected chi connectivity index (χ2v) is 8.07. The second kappa shape index (κ2) is 8.34. The van der Waals surface area contributed by atoms with Gasteiger partial charge in [-0.15, -0.1) is 0 Å². The summed E-state index contributed by atoms with van der Waals surface area (Å²) < 4.78 is 6.63. The van der Waals surface area contributed by atoms with Crippen molar-refractivity contribution in [1.29, 1.82) is 0 Å². The molecule has 1 N–H and O–H groups in total. The SMILES string of the molecule is C[C@H]1CCCC[C@@H]1[NH+]1CCN(C(=O)COc2ccc(Br)cc2)CC1. The van der Waals surface area contributed by atoms with Crippen LogP contribution in [0.3, 0.4) is 0 Å². The Hall–Kier alpha value is -1.07. The van der Waals surface area contributed by atoms with E-state index in [2.05, 4.69) is 22.9 Å². The van der Waals surface area contributed by atoms with Crippen LogP contribution in [-0.4, -0.2) is 49.6 Å². The molecule has 1 saturated heterocycles. The Kier molecular flexibility index (Phi) is 6.17. The maximum Gasteiger partial charge on any atom is 0.260 e. The van der Waals surface area contributed by atoms with Crippen molar-refractivity contribution in [1.82, 2.24) is 4.90 Å². The Morgan fingerprint density at radius 1 is 1.21 bits per heavy atom. The van der Waals surface area contributed by atoms with Gasteiger partial charge in [0, 0.05) is 10.4 Å². The maximum absolute atomic E-state index is 12.4. The van der Waals surface area contributed by atoms with Crippen LogP contribution >= 0.6 is 15.9 Å². The number of hydrogen-bond acceptors (Lipinski definition) is 2. The molecule has 2 atom stereocenters. The van der Waals surface area contributed by atoms with E-state index in [0.29, 0.717) is 0 Å². The lowest BCUT2D eigenvalue weighted by molar-refractivity contribution is -0.934.